The molecule has 0 bridgehead atoms. The van der Waals surface area contributed by atoms with Crippen LogP contribution >= 0.6 is 0 Å². The molecule has 108 valence electrons. The molecule has 0 heterocycles. The third-order valence-electron chi connectivity index (χ3n) is 0.333. The number of carbonyl (C=O) groups excluding carboxylic acids is 4. The molecule has 0 saturated carbocycles. The zero-order chi connectivity index (χ0) is 10.3. The fourth-order valence-electron chi connectivity index (χ4n) is 0. The van der Waals surface area contributed by atoms with Crippen LogP contribution in [0.3, 0.4) is 0 Å². The molecule has 0 saturated heterocycles. The van der Waals surface area contributed by atoms with Gasteiger partial charge in [0.05, 0.1) is 23.9 Å². The van der Waals surface area contributed by atoms with Gasteiger partial charge >= 0.3 is 91.3 Å². The van der Waals surface area contributed by atoms with Gasteiger partial charge in [-0.25, -0.2) is 0 Å². The van der Waals surface area contributed by atoms with E-state index in [-0.39, 0.29) is 119 Å². The van der Waals surface area contributed by atoms with Gasteiger partial charge in [0.25, 0.3) is 0 Å². The van der Waals surface area contributed by atoms with E-state index in [1.54, 1.807) is 0 Å². The minimum atomic E-state index is -2.19. The molecule has 0 spiro atoms. The summed E-state index contributed by atoms with van der Waals surface area (Å²) in [5, 5.41) is 35.7. The fourth-order valence-corrected chi connectivity index (χ4v) is 0. The van der Waals surface area contributed by atoms with Crippen LogP contribution in [0.2, 0.25) is 0 Å². The number of rotatable bonds is 0. The van der Waals surface area contributed by atoms with Gasteiger partial charge in [-0.1, -0.05) is 0 Å². The van der Waals surface area contributed by atoms with Crippen LogP contribution < -0.4 is 89.3 Å². The van der Waals surface area contributed by atoms with Gasteiger partial charge in [0.2, 0.25) is 0 Å². The van der Waals surface area contributed by atoms with Crippen LogP contribution in [0, 0.1) is 0 Å². The van der Waals surface area contributed by atoms with Crippen LogP contribution in [0.1, 0.15) is 0 Å². The fraction of sp³-hybridized carbons (Fsp3) is 0. The molecule has 0 amide bonds. The third kappa shape index (κ3) is 69.8. The van der Waals surface area contributed by atoms with Gasteiger partial charge in [0.15, 0.2) is 0 Å². The molecule has 0 aliphatic rings. The number of hydrogen-bond acceptors (Lipinski definition) is 8. The van der Waals surface area contributed by atoms with Gasteiger partial charge in [0, 0.05) is 0 Å². The van der Waals surface area contributed by atoms with Crippen LogP contribution in [0.5, 0.6) is 0 Å². The smallest absolute Gasteiger partial charge is 2.00 e. The van der Waals surface area contributed by atoms with E-state index in [4.69, 9.17) is 39.6 Å². The second-order valence-electron chi connectivity index (χ2n) is 1.15. The average Bonchev–Trinajstić information content (AvgIpc) is 1.88. The van der Waals surface area contributed by atoms with E-state index in [0.29, 0.717) is 0 Å². The maximum absolute atomic E-state index is 8.93. The number of carbonyl (C=O) groups is 4. The summed E-state index contributed by atoms with van der Waals surface area (Å²) in [6, 6.07) is 0. The van der Waals surface area contributed by atoms with Crippen molar-refractivity contribution < 1.29 is 158 Å². The molecule has 15 heteroatoms. The molecule has 13 nitrogen and oxygen atoms in total. The second kappa shape index (κ2) is 36.3. The number of hydrogen-bond donors (Lipinski definition) is 0. The Hall–Kier alpha value is 0.472. The van der Waals surface area contributed by atoms with Crippen LogP contribution in [-0.4, -0.2) is 45.8 Å². The van der Waals surface area contributed by atoms with E-state index in [2.05, 4.69) is 0 Å². The minimum absolute atomic E-state index is 0. The standard InChI is InChI=1S/2C2H2O4.Cs.Nb.4H2O.O/c2*3-1(4)2(5)6;;;;;;;/h2*(H,3,4)(H,5,6);;;4*1H2;/q;;+1;+5;;;;;-2/p-4. The van der Waals surface area contributed by atoms with Crippen molar-refractivity contribution in [2.75, 3.05) is 0 Å². The molecule has 0 radical (unpaired) electrons. The molecule has 8 N–H and O–H groups in total. The zero-order valence-corrected chi connectivity index (χ0v) is 17.6. The Morgan fingerprint density at radius 2 is 0.579 bits per heavy atom. The van der Waals surface area contributed by atoms with E-state index in [1.807, 2.05) is 0 Å². The Labute approximate surface area is 179 Å². The molecule has 0 atom stereocenters. The van der Waals surface area contributed by atoms with Gasteiger partial charge in [-0.2, -0.15) is 0 Å². The Balaban J connectivity index is -0.0000000110. The summed E-state index contributed by atoms with van der Waals surface area (Å²) in [6.45, 7) is 0. The molecular weight excluding hydrogens is 482 g/mol. The first kappa shape index (κ1) is 60.6. The monoisotopic (exact) mass is 490 g/mol. The van der Waals surface area contributed by atoms with E-state index in [0.717, 1.165) is 0 Å². The first-order valence-corrected chi connectivity index (χ1v) is 2.13. The molecule has 0 fully saturated rings. The number of carboxylic acids is 4. The summed E-state index contributed by atoms with van der Waals surface area (Å²) in [5.74, 6) is -8.74. The average molecular weight is 490 g/mol. The summed E-state index contributed by atoms with van der Waals surface area (Å²) in [6.07, 6.45) is 0. The minimum Gasteiger partial charge on any atom is -2.00 e. The maximum Gasteiger partial charge on any atom is 5.00 e. The van der Waals surface area contributed by atoms with Crippen LogP contribution in [-0.2, 0) is 47.0 Å². The Bertz CT molecular complexity index is 181. The molecule has 0 unspecified atom stereocenters. The van der Waals surface area contributed by atoms with Crippen molar-refractivity contribution in [1.82, 2.24) is 0 Å². The summed E-state index contributed by atoms with van der Waals surface area (Å²) >= 11 is 0. The molecule has 0 aliphatic heterocycles. The predicted octanol–water partition coefficient (Wildman–Crippen LogP) is -13.4. The molecule has 0 aliphatic carbocycles. The summed E-state index contributed by atoms with van der Waals surface area (Å²) in [4.78, 5) is 35.7. The molecule has 0 aromatic rings. The summed E-state index contributed by atoms with van der Waals surface area (Å²) < 4.78 is 0. The van der Waals surface area contributed by atoms with Crippen molar-refractivity contribution >= 4 is 23.9 Å². The first-order chi connectivity index (χ1) is 5.29. The quantitative estimate of drug-likeness (QED) is 0.231. The van der Waals surface area contributed by atoms with Crippen molar-refractivity contribution in [3.05, 3.63) is 0 Å². The molecular formula is C4H8CsNbO13. The second-order valence-corrected chi connectivity index (χ2v) is 1.15. The first-order valence-electron chi connectivity index (χ1n) is 2.13. The normalized spacial score (nSPS) is 4.63. The van der Waals surface area contributed by atoms with Crippen molar-refractivity contribution in [2.45, 2.75) is 0 Å². The van der Waals surface area contributed by atoms with E-state index in [1.165, 1.54) is 0 Å². The largest absolute Gasteiger partial charge is 5.00 e. The van der Waals surface area contributed by atoms with Gasteiger partial charge < -0.3 is 67.0 Å². The zero-order valence-electron chi connectivity index (χ0n) is 9.12. The van der Waals surface area contributed by atoms with Gasteiger partial charge in [-0.05, 0) is 0 Å². The molecule has 19 heavy (non-hydrogen) atoms. The predicted molar refractivity (Wildman–Crippen MR) is 35.2 cm³/mol. The van der Waals surface area contributed by atoms with Crippen LogP contribution in [0.4, 0.5) is 0 Å². The van der Waals surface area contributed by atoms with Crippen molar-refractivity contribution in [3.8, 4) is 0 Å². The molecule has 0 aromatic carbocycles. The Kier molecular flexibility index (Phi) is 116. The van der Waals surface area contributed by atoms with Gasteiger partial charge in [-0.3, -0.25) is 0 Å². The van der Waals surface area contributed by atoms with Gasteiger partial charge in [-0.15, -0.1) is 0 Å². The van der Waals surface area contributed by atoms with Crippen molar-refractivity contribution in [2.24, 2.45) is 0 Å². The number of aliphatic carboxylic acids is 4. The SMILES string of the molecule is O.O.O.O.O=C([O-])C(=O)[O-].O=C([O-])C(=O)[O-].[Cs+].[Nb+5].[O-2]. The summed E-state index contributed by atoms with van der Waals surface area (Å²) in [7, 11) is 0. The summed E-state index contributed by atoms with van der Waals surface area (Å²) in [5.41, 5.74) is 0. The molecule has 0 rings (SSSR count). The van der Waals surface area contributed by atoms with E-state index < -0.39 is 23.9 Å². The maximum atomic E-state index is 8.93. The third-order valence-corrected chi connectivity index (χ3v) is 0.333. The van der Waals surface area contributed by atoms with Crippen LogP contribution in [0.15, 0.2) is 0 Å². The van der Waals surface area contributed by atoms with Gasteiger partial charge in [0.1, 0.15) is 0 Å². The van der Waals surface area contributed by atoms with Crippen molar-refractivity contribution in [3.63, 3.8) is 0 Å². The Morgan fingerprint density at radius 1 is 0.526 bits per heavy atom. The van der Waals surface area contributed by atoms with Crippen molar-refractivity contribution in [1.29, 1.82) is 0 Å². The van der Waals surface area contributed by atoms with Crippen LogP contribution in [0.25, 0.3) is 0 Å². The number of carboxylic acid groups (broad SMARTS) is 4. The molecule has 0 aromatic heterocycles. The van der Waals surface area contributed by atoms with E-state index >= 15 is 0 Å². The Morgan fingerprint density at radius 3 is 0.579 bits per heavy atom. The van der Waals surface area contributed by atoms with E-state index in [9.17, 15) is 0 Å². The topological polar surface area (TPSA) is 315 Å².